The first-order valence-corrected chi connectivity index (χ1v) is 10.5. The van der Waals surface area contributed by atoms with Crippen molar-refractivity contribution < 1.29 is 4.79 Å². The minimum Gasteiger partial charge on any atom is -0.321 e. The zero-order valence-corrected chi connectivity index (χ0v) is 16.9. The fourth-order valence-electron chi connectivity index (χ4n) is 4.07. The Morgan fingerprint density at radius 1 is 1.29 bits per heavy atom. The van der Waals surface area contributed by atoms with Crippen LogP contribution in [-0.2, 0) is 6.54 Å². The van der Waals surface area contributed by atoms with Gasteiger partial charge in [0.05, 0.1) is 5.69 Å². The normalized spacial score (nSPS) is 20.4. The number of fused-ring (bicyclic) bond motifs is 1. The predicted molar refractivity (Wildman–Crippen MR) is 113 cm³/mol. The Hall–Kier alpha value is -2.51. The number of hydrogen-bond acceptors (Lipinski definition) is 5. The number of para-hydroxylation sites is 1. The maximum absolute atomic E-state index is 12.6. The third-order valence-corrected chi connectivity index (χ3v) is 5.91. The SMILES string of the molecule is C[C@@H]1C[C@H](C)CN(Cc2csc(NC(=O)c3cc4ccccc4[nH]c3=O)n2)C1. The fourth-order valence-corrected chi connectivity index (χ4v) is 4.76. The first-order chi connectivity index (χ1) is 13.5. The van der Waals surface area contributed by atoms with Gasteiger partial charge in [0.15, 0.2) is 5.13 Å². The average Bonchev–Trinajstić information content (AvgIpc) is 3.06. The number of benzene rings is 1. The molecule has 146 valence electrons. The number of aromatic nitrogens is 2. The molecule has 3 aromatic rings. The molecule has 0 saturated carbocycles. The van der Waals surface area contributed by atoms with Crippen LogP contribution in [0.5, 0.6) is 0 Å². The molecule has 2 N–H and O–H groups in total. The third-order valence-electron chi connectivity index (χ3n) is 5.10. The lowest BCUT2D eigenvalue weighted by atomic mass is 9.92. The van der Waals surface area contributed by atoms with Crippen molar-refractivity contribution >= 4 is 33.3 Å². The van der Waals surface area contributed by atoms with Crippen molar-refractivity contribution in [3.63, 3.8) is 0 Å². The Labute approximate surface area is 167 Å². The quantitative estimate of drug-likeness (QED) is 0.705. The predicted octanol–water partition coefficient (Wildman–Crippen LogP) is 3.71. The second kappa shape index (κ2) is 7.85. The van der Waals surface area contributed by atoms with Crippen LogP contribution in [0.4, 0.5) is 5.13 Å². The van der Waals surface area contributed by atoms with Crippen LogP contribution < -0.4 is 10.9 Å². The highest BCUT2D eigenvalue weighted by Gasteiger charge is 2.22. The Balaban J connectivity index is 1.46. The van der Waals surface area contributed by atoms with E-state index in [9.17, 15) is 9.59 Å². The monoisotopic (exact) mass is 396 g/mol. The summed E-state index contributed by atoms with van der Waals surface area (Å²) >= 11 is 1.39. The molecule has 1 aromatic carbocycles. The molecule has 0 aliphatic carbocycles. The average molecular weight is 397 g/mol. The lowest BCUT2D eigenvalue weighted by Crippen LogP contribution is -2.38. The molecule has 1 aliphatic rings. The Bertz CT molecular complexity index is 1050. The van der Waals surface area contributed by atoms with Crippen molar-refractivity contribution in [1.29, 1.82) is 0 Å². The second-order valence-electron chi connectivity index (χ2n) is 7.84. The van der Waals surface area contributed by atoms with Gasteiger partial charge in [0, 0.05) is 30.5 Å². The smallest absolute Gasteiger partial charge is 0.263 e. The summed E-state index contributed by atoms with van der Waals surface area (Å²) in [7, 11) is 0. The maximum atomic E-state index is 12.6. The van der Waals surface area contributed by atoms with Crippen molar-refractivity contribution in [2.24, 2.45) is 11.8 Å². The van der Waals surface area contributed by atoms with Crippen LogP contribution in [0.25, 0.3) is 10.9 Å². The Morgan fingerprint density at radius 2 is 2.04 bits per heavy atom. The highest BCUT2D eigenvalue weighted by Crippen LogP contribution is 2.24. The van der Waals surface area contributed by atoms with Gasteiger partial charge >= 0.3 is 0 Å². The van der Waals surface area contributed by atoms with Crippen LogP contribution in [-0.4, -0.2) is 33.9 Å². The molecule has 6 nitrogen and oxygen atoms in total. The van der Waals surface area contributed by atoms with Crippen LogP contribution >= 0.6 is 11.3 Å². The molecular formula is C21H24N4O2S. The van der Waals surface area contributed by atoms with E-state index in [-0.39, 0.29) is 5.56 Å². The molecule has 0 radical (unpaired) electrons. The number of thiazole rings is 1. The number of pyridine rings is 1. The van der Waals surface area contributed by atoms with Crippen LogP contribution in [0.2, 0.25) is 0 Å². The van der Waals surface area contributed by atoms with Gasteiger partial charge in [0.2, 0.25) is 0 Å². The van der Waals surface area contributed by atoms with Crippen molar-refractivity contribution in [2.75, 3.05) is 18.4 Å². The molecule has 1 amide bonds. The van der Waals surface area contributed by atoms with Gasteiger partial charge < -0.3 is 4.98 Å². The van der Waals surface area contributed by atoms with Crippen molar-refractivity contribution in [2.45, 2.75) is 26.8 Å². The number of amides is 1. The molecule has 0 bridgehead atoms. The number of H-pyrrole nitrogens is 1. The van der Waals surface area contributed by atoms with Crippen LogP contribution in [0.3, 0.4) is 0 Å². The van der Waals surface area contributed by atoms with E-state index in [1.54, 1.807) is 6.07 Å². The lowest BCUT2D eigenvalue weighted by Gasteiger charge is -2.34. The standard InChI is InChI=1S/C21H24N4O2S/c1-13-7-14(2)10-25(9-13)11-16-12-28-21(22-16)24-20(27)17-8-15-5-3-4-6-18(15)23-19(17)26/h3-6,8,12-14H,7,9-11H2,1-2H3,(H,23,26)(H,22,24,27)/t13-,14+. The molecule has 2 atom stereocenters. The van der Waals surface area contributed by atoms with E-state index in [0.717, 1.165) is 30.7 Å². The highest BCUT2D eigenvalue weighted by atomic mass is 32.1. The largest absolute Gasteiger partial charge is 0.321 e. The lowest BCUT2D eigenvalue weighted by molar-refractivity contribution is 0.102. The van der Waals surface area contributed by atoms with E-state index in [1.807, 2.05) is 29.6 Å². The van der Waals surface area contributed by atoms with Crippen LogP contribution in [0.1, 0.15) is 36.3 Å². The van der Waals surface area contributed by atoms with Crippen molar-refractivity contribution in [3.8, 4) is 0 Å². The molecule has 7 heteroatoms. The second-order valence-corrected chi connectivity index (χ2v) is 8.70. The number of nitrogens with zero attached hydrogens (tertiary/aromatic N) is 2. The number of carbonyl (C=O) groups excluding carboxylic acids is 1. The number of hydrogen-bond donors (Lipinski definition) is 2. The Morgan fingerprint density at radius 3 is 2.82 bits per heavy atom. The minimum atomic E-state index is -0.437. The number of anilines is 1. The number of nitrogens with one attached hydrogen (secondary N) is 2. The molecule has 2 aromatic heterocycles. The number of aromatic amines is 1. The summed E-state index contributed by atoms with van der Waals surface area (Å²) in [6, 6.07) is 9.02. The summed E-state index contributed by atoms with van der Waals surface area (Å²) in [5, 5.41) is 6.08. The number of piperidine rings is 1. The van der Waals surface area contributed by atoms with Crippen LogP contribution in [0, 0.1) is 11.8 Å². The fraction of sp³-hybridized carbons (Fsp3) is 0.381. The van der Waals surface area contributed by atoms with Crippen LogP contribution in [0.15, 0.2) is 40.5 Å². The van der Waals surface area contributed by atoms with Gasteiger partial charge in [-0.15, -0.1) is 11.3 Å². The van der Waals surface area contributed by atoms with Crippen molar-refractivity contribution in [3.05, 3.63) is 57.3 Å². The van der Waals surface area contributed by atoms with E-state index in [0.29, 0.717) is 22.5 Å². The summed E-state index contributed by atoms with van der Waals surface area (Å²) in [4.78, 5) is 34.6. The molecule has 0 unspecified atom stereocenters. The van der Waals surface area contributed by atoms with Gasteiger partial charge in [0.1, 0.15) is 5.56 Å². The van der Waals surface area contributed by atoms with Gasteiger partial charge in [0.25, 0.3) is 11.5 Å². The summed E-state index contributed by atoms with van der Waals surface area (Å²) < 4.78 is 0. The summed E-state index contributed by atoms with van der Waals surface area (Å²) in [6.07, 6.45) is 1.27. The Kier molecular flexibility index (Phi) is 5.28. The molecule has 3 heterocycles. The topological polar surface area (TPSA) is 78.1 Å². The van der Waals surface area contributed by atoms with E-state index in [1.165, 1.54) is 17.8 Å². The van der Waals surface area contributed by atoms with E-state index in [4.69, 9.17) is 0 Å². The number of carbonyl (C=O) groups is 1. The van der Waals surface area contributed by atoms with Gasteiger partial charge in [-0.2, -0.15) is 0 Å². The van der Waals surface area contributed by atoms with E-state index < -0.39 is 11.5 Å². The van der Waals surface area contributed by atoms with Gasteiger partial charge in [-0.3, -0.25) is 19.8 Å². The van der Waals surface area contributed by atoms with Crippen molar-refractivity contribution in [1.82, 2.24) is 14.9 Å². The minimum absolute atomic E-state index is 0.0918. The molecule has 4 rings (SSSR count). The first kappa shape index (κ1) is 18.8. The van der Waals surface area contributed by atoms with Gasteiger partial charge in [-0.1, -0.05) is 32.0 Å². The number of rotatable bonds is 4. The summed E-state index contributed by atoms with van der Waals surface area (Å²) in [5.74, 6) is 0.954. The first-order valence-electron chi connectivity index (χ1n) is 9.58. The van der Waals surface area contributed by atoms with E-state index in [2.05, 4.69) is 34.0 Å². The third kappa shape index (κ3) is 4.15. The highest BCUT2D eigenvalue weighted by molar-refractivity contribution is 7.14. The molecular weight excluding hydrogens is 372 g/mol. The van der Waals surface area contributed by atoms with Gasteiger partial charge in [-0.05, 0) is 35.8 Å². The number of likely N-dealkylation sites (tertiary alicyclic amines) is 1. The zero-order chi connectivity index (χ0) is 19.7. The summed E-state index contributed by atoms with van der Waals surface area (Å²) in [5.41, 5.74) is 1.36. The zero-order valence-electron chi connectivity index (χ0n) is 16.1. The molecule has 28 heavy (non-hydrogen) atoms. The molecule has 1 fully saturated rings. The molecule has 0 spiro atoms. The summed E-state index contributed by atoms with van der Waals surface area (Å²) in [6.45, 7) is 7.52. The molecule has 1 aliphatic heterocycles. The van der Waals surface area contributed by atoms with Gasteiger partial charge in [-0.25, -0.2) is 4.98 Å². The van der Waals surface area contributed by atoms with E-state index >= 15 is 0 Å². The maximum Gasteiger partial charge on any atom is 0.263 e. The molecule has 1 saturated heterocycles.